The monoisotopic (exact) mass is 348 g/mol. The maximum absolute atomic E-state index is 2.78. The lowest BCUT2D eigenvalue weighted by Gasteiger charge is -2.46. The maximum atomic E-state index is 2.78. The molecule has 0 bridgehead atoms. The highest BCUT2D eigenvalue weighted by atomic mass is 14.5. The van der Waals surface area contributed by atoms with Gasteiger partial charge in [-0.1, -0.05) is 51.0 Å². The van der Waals surface area contributed by atoms with Gasteiger partial charge in [0.25, 0.3) is 0 Å². The highest BCUT2D eigenvalue weighted by Gasteiger charge is 2.41. The van der Waals surface area contributed by atoms with Gasteiger partial charge in [-0.3, -0.25) is 0 Å². The predicted molar refractivity (Wildman–Crippen MR) is 111 cm³/mol. The van der Waals surface area contributed by atoms with E-state index in [1.165, 1.54) is 51.4 Å². The summed E-state index contributed by atoms with van der Waals surface area (Å²) in [4.78, 5) is 0. The van der Waals surface area contributed by atoms with Gasteiger partial charge in [-0.05, 0) is 109 Å². The zero-order chi connectivity index (χ0) is 18.0. The van der Waals surface area contributed by atoms with E-state index >= 15 is 0 Å². The average Bonchev–Trinajstić information content (AvgIpc) is 2.56. The van der Waals surface area contributed by atoms with Crippen molar-refractivity contribution in [2.75, 3.05) is 0 Å². The van der Waals surface area contributed by atoms with Gasteiger partial charge < -0.3 is 0 Å². The van der Waals surface area contributed by atoms with Gasteiger partial charge in [-0.2, -0.15) is 0 Å². The molecule has 4 atom stereocenters. The summed E-state index contributed by atoms with van der Waals surface area (Å²) < 4.78 is 0. The van der Waals surface area contributed by atoms with Gasteiger partial charge >= 0.3 is 0 Å². The summed E-state index contributed by atoms with van der Waals surface area (Å²) in [6.07, 6.45) is 16.5. The quantitative estimate of drug-likeness (QED) is 0.487. The van der Waals surface area contributed by atoms with Gasteiger partial charge in [0.1, 0.15) is 0 Å². The molecule has 0 saturated heterocycles. The Morgan fingerprint density at radius 1 is 0.615 bits per heavy atom. The second-order valence-electron chi connectivity index (χ2n) is 10.3. The van der Waals surface area contributed by atoms with Crippen molar-refractivity contribution in [2.45, 2.75) is 79.1 Å². The Morgan fingerprint density at radius 3 is 1.42 bits per heavy atom. The van der Waals surface area contributed by atoms with Crippen LogP contribution in [0.4, 0.5) is 0 Å². The van der Waals surface area contributed by atoms with E-state index in [0.29, 0.717) is 0 Å². The summed E-state index contributed by atoms with van der Waals surface area (Å²) in [7, 11) is 0. The minimum absolute atomic E-state index is 0.727. The van der Waals surface area contributed by atoms with Crippen LogP contribution in [0.3, 0.4) is 0 Å². The third-order valence-electron chi connectivity index (χ3n) is 8.29. The lowest BCUT2D eigenvalue weighted by atomic mass is 9.58. The lowest BCUT2D eigenvalue weighted by molar-refractivity contribution is 0.241. The SMILES string of the molecule is CC(C)C1=C2CCC3=C[C@H]4CC[C@H]1[C@@H]1C=C2CCC3=C(C(C)C)[C@@H]4CC1. The van der Waals surface area contributed by atoms with Gasteiger partial charge in [-0.15, -0.1) is 0 Å². The van der Waals surface area contributed by atoms with Crippen molar-refractivity contribution in [3.63, 3.8) is 0 Å². The van der Waals surface area contributed by atoms with Crippen LogP contribution in [0.5, 0.6) is 0 Å². The Hall–Kier alpha value is -1.04. The maximum Gasteiger partial charge on any atom is -0.0131 e. The molecule has 0 N–H and O–H groups in total. The molecule has 26 heavy (non-hydrogen) atoms. The van der Waals surface area contributed by atoms with Crippen LogP contribution < -0.4 is 0 Å². The fourth-order valence-electron chi connectivity index (χ4n) is 7.43. The fourth-order valence-corrected chi connectivity index (χ4v) is 7.43. The molecule has 0 aliphatic heterocycles. The molecule has 0 aromatic heterocycles. The topological polar surface area (TPSA) is 0 Å². The van der Waals surface area contributed by atoms with Crippen LogP contribution in [0.1, 0.15) is 79.1 Å². The second-order valence-corrected chi connectivity index (χ2v) is 10.3. The van der Waals surface area contributed by atoms with E-state index in [-0.39, 0.29) is 0 Å². The van der Waals surface area contributed by atoms with Gasteiger partial charge in [0.15, 0.2) is 0 Å². The largest absolute Gasteiger partial charge is 0.0773 e. The van der Waals surface area contributed by atoms with Crippen LogP contribution in [0, 0.1) is 35.5 Å². The molecular formula is C26H36. The van der Waals surface area contributed by atoms with Crippen LogP contribution in [0.15, 0.2) is 45.6 Å². The van der Waals surface area contributed by atoms with Crippen molar-refractivity contribution in [1.82, 2.24) is 0 Å². The normalized spacial score (nSPS) is 36.1. The first-order valence-corrected chi connectivity index (χ1v) is 11.4. The summed E-state index contributed by atoms with van der Waals surface area (Å²) in [5, 5.41) is 0. The smallest absolute Gasteiger partial charge is 0.0131 e. The van der Waals surface area contributed by atoms with Crippen molar-refractivity contribution in [3.05, 3.63) is 45.6 Å². The summed E-state index contributed by atoms with van der Waals surface area (Å²) in [6.45, 7) is 9.88. The van der Waals surface area contributed by atoms with E-state index < -0.39 is 0 Å². The second kappa shape index (κ2) is 6.25. The van der Waals surface area contributed by atoms with E-state index in [2.05, 4.69) is 39.8 Å². The van der Waals surface area contributed by atoms with Crippen LogP contribution in [0.25, 0.3) is 0 Å². The first-order valence-electron chi connectivity index (χ1n) is 11.4. The number of allylic oxidation sites excluding steroid dienone is 8. The molecule has 4 aliphatic rings. The molecule has 0 aromatic rings. The average molecular weight is 349 g/mol. The molecule has 0 unspecified atom stereocenters. The molecule has 0 amide bonds. The third kappa shape index (κ3) is 2.47. The van der Waals surface area contributed by atoms with Crippen molar-refractivity contribution >= 4 is 0 Å². The summed E-state index contributed by atoms with van der Waals surface area (Å²) in [6, 6.07) is 0. The van der Waals surface area contributed by atoms with E-state index in [1.54, 1.807) is 22.3 Å². The van der Waals surface area contributed by atoms with Crippen LogP contribution in [-0.2, 0) is 0 Å². The lowest BCUT2D eigenvalue weighted by Crippen LogP contribution is -2.34. The zero-order valence-electron chi connectivity index (χ0n) is 17.3. The summed E-state index contributed by atoms with van der Waals surface area (Å²) >= 11 is 0. The number of fused-ring (bicyclic) bond motifs is 4. The molecule has 0 spiro atoms. The van der Waals surface area contributed by atoms with E-state index in [0.717, 1.165) is 35.5 Å². The van der Waals surface area contributed by atoms with Gasteiger partial charge in [-0.25, -0.2) is 0 Å². The van der Waals surface area contributed by atoms with E-state index in [4.69, 9.17) is 0 Å². The minimum Gasteiger partial charge on any atom is -0.0773 e. The molecule has 4 aliphatic carbocycles. The van der Waals surface area contributed by atoms with E-state index in [1.807, 2.05) is 11.1 Å². The third-order valence-corrected chi connectivity index (χ3v) is 8.29. The minimum atomic E-state index is 0.727. The first-order chi connectivity index (χ1) is 12.5. The number of rotatable bonds is 2. The zero-order valence-corrected chi connectivity index (χ0v) is 17.3. The van der Waals surface area contributed by atoms with Gasteiger partial charge in [0.2, 0.25) is 0 Å². The summed E-state index contributed by atoms with van der Waals surface area (Å²) in [5.74, 6) is 4.79. The Balaban J connectivity index is 1.74. The van der Waals surface area contributed by atoms with Crippen LogP contribution in [-0.4, -0.2) is 0 Å². The molecule has 2 saturated carbocycles. The first kappa shape index (κ1) is 17.1. The van der Waals surface area contributed by atoms with Crippen molar-refractivity contribution in [2.24, 2.45) is 35.5 Å². The van der Waals surface area contributed by atoms with Gasteiger partial charge in [0, 0.05) is 0 Å². The van der Waals surface area contributed by atoms with Crippen LogP contribution in [0.2, 0.25) is 0 Å². The predicted octanol–water partition coefficient (Wildman–Crippen LogP) is 7.40. The Labute approximate surface area is 160 Å². The standard InChI is InChI=1S/C26H36/c1-15(2)25-21-9-5-19-14-20-6-10-22(25)18-8-12-24(20)26(16(3)4)23(19)11-7-17(21)13-18/h13-17,19,21,23H,5-12H2,1-4H3/t17-,19+,21-,23+. The molecule has 0 nitrogen and oxygen atoms in total. The van der Waals surface area contributed by atoms with E-state index in [9.17, 15) is 0 Å². The molecule has 0 radical (unpaired) electrons. The molecule has 140 valence electrons. The highest BCUT2D eigenvalue weighted by Crippen LogP contribution is 2.55. The molecule has 0 aromatic carbocycles. The van der Waals surface area contributed by atoms with Crippen molar-refractivity contribution in [1.29, 1.82) is 0 Å². The van der Waals surface area contributed by atoms with Crippen molar-refractivity contribution < 1.29 is 0 Å². The van der Waals surface area contributed by atoms with Crippen LogP contribution >= 0.6 is 0 Å². The molecule has 2 fully saturated rings. The fraction of sp³-hybridized carbons (Fsp3) is 0.692. The highest BCUT2D eigenvalue weighted by molar-refractivity contribution is 5.50. The molecule has 0 heteroatoms. The molecule has 4 rings (SSSR count). The summed E-state index contributed by atoms with van der Waals surface area (Å²) in [5.41, 5.74) is 10.9. The van der Waals surface area contributed by atoms with Crippen molar-refractivity contribution in [3.8, 4) is 0 Å². The number of hydrogen-bond donors (Lipinski definition) is 0. The molecule has 0 heterocycles. The van der Waals surface area contributed by atoms with Gasteiger partial charge in [0.05, 0.1) is 0 Å². The Morgan fingerprint density at radius 2 is 1.04 bits per heavy atom. The molecular weight excluding hydrogens is 312 g/mol. The number of hydrogen-bond acceptors (Lipinski definition) is 0. The Kier molecular flexibility index (Phi) is 4.11. The Bertz CT molecular complexity index is 672.